The summed E-state index contributed by atoms with van der Waals surface area (Å²) in [5, 5.41) is 17.3. The van der Waals surface area contributed by atoms with E-state index in [-0.39, 0.29) is 5.41 Å². The fraction of sp³-hybridized carbons (Fsp3) is 0.824. The number of aliphatic hydroxyl groups is 1. The summed E-state index contributed by atoms with van der Waals surface area (Å²) in [4.78, 5) is 4.69. The van der Waals surface area contributed by atoms with Crippen LogP contribution >= 0.6 is 11.3 Å². The van der Waals surface area contributed by atoms with Crippen molar-refractivity contribution in [3.8, 4) is 0 Å². The number of hydrogen-bond acceptors (Lipinski definition) is 4. The third kappa shape index (κ3) is 4.76. The summed E-state index contributed by atoms with van der Waals surface area (Å²) in [5.74, 6) is 0.818. The Hall–Kier alpha value is -0.450. The van der Waals surface area contributed by atoms with Crippen LogP contribution in [0.3, 0.4) is 0 Å². The molecule has 1 aliphatic rings. The van der Waals surface area contributed by atoms with E-state index in [0.717, 1.165) is 31.0 Å². The van der Waals surface area contributed by atoms with Gasteiger partial charge in [0.05, 0.1) is 16.3 Å². The lowest BCUT2D eigenvalue weighted by Crippen LogP contribution is -2.43. The highest BCUT2D eigenvalue weighted by atomic mass is 32.1. The van der Waals surface area contributed by atoms with Gasteiger partial charge in [0, 0.05) is 23.9 Å². The predicted octanol–water partition coefficient (Wildman–Crippen LogP) is 3.86. The lowest BCUT2D eigenvalue weighted by Gasteiger charge is -2.36. The molecule has 2 rings (SSSR count). The molecule has 1 heterocycles. The van der Waals surface area contributed by atoms with E-state index in [1.807, 2.05) is 0 Å². The highest BCUT2D eigenvalue weighted by Gasteiger charge is 2.32. The lowest BCUT2D eigenvalue weighted by atomic mass is 9.78. The molecule has 0 unspecified atom stereocenters. The number of thiazole rings is 1. The average molecular weight is 311 g/mol. The molecular formula is C17H30N2OS. The summed E-state index contributed by atoms with van der Waals surface area (Å²) in [6, 6.07) is 0. The number of aromatic nitrogens is 1. The minimum Gasteiger partial charge on any atom is -0.389 e. The largest absolute Gasteiger partial charge is 0.389 e. The van der Waals surface area contributed by atoms with E-state index >= 15 is 0 Å². The van der Waals surface area contributed by atoms with Gasteiger partial charge in [-0.05, 0) is 31.6 Å². The first-order chi connectivity index (χ1) is 9.82. The van der Waals surface area contributed by atoms with Crippen molar-refractivity contribution in [2.75, 3.05) is 6.54 Å². The van der Waals surface area contributed by atoms with Crippen molar-refractivity contribution in [3.05, 3.63) is 16.1 Å². The zero-order valence-electron chi connectivity index (χ0n) is 13.9. The van der Waals surface area contributed by atoms with Gasteiger partial charge in [0.15, 0.2) is 0 Å². The Balaban J connectivity index is 1.78. The third-order valence-electron chi connectivity index (χ3n) is 4.57. The zero-order chi connectivity index (χ0) is 15.5. The summed E-state index contributed by atoms with van der Waals surface area (Å²) in [6.45, 7) is 10.3. The van der Waals surface area contributed by atoms with Crippen LogP contribution in [0.4, 0.5) is 0 Å². The van der Waals surface area contributed by atoms with Crippen LogP contribution in [0.1, 0.15) is 70.5 Å². The van der Waals surface area contributed by atoms with Gasteiger partial charge in [0.2, 0.25) is 0 Å². The van der Waals surface area contributed by atoms with Gasteiger partial charge < -0.3 is 10.4 Å². The fourth-order valence-corrected chi connectivity index (χ4v) is 3.86. The van der Waals surface area contributed by atoms with Gasteiger partial charge in [-0.15, -0.1) is 11.3 Å². The molecule has 4 heteroatoms. The van der Waals surface area contributed by atoms with Crippen molar-refractivity contribution < 1.29 is 5.11 Å². The summed E-state index contributed by atoms with van der Waals surface area (Å²) in [6.07, 6.45) is 5.45. The van der Waals surface area contributed by atoms with Crippen molar-refractivity contribution in [1.82, 2.24) is 10.3 Å². The van der Waals surface area contributed by atoms with Crippen LogP contribution in [0.25, 0.3) is 0 Å². The summed E-state index contributed by atoms with van der Waals surface area (Å²) in [7, 11) is 0. The van der Waals surface area contributed by atoms with Crippen LogP contribution in [-0.2, 0) is 12.0 Å². The van der Waals surface area contributed by atoms with Gasteiger partial charge in [0.25, 0.3) is 0 Å². The van der Waals surface area contributed by atoms with Gasteiger partial charge in [-0.25, -0.2) is 4.98 Å². The van der Waals surface area contributed by atoms with Crippen molar-refractivity contribution in [1.29, 1.82) is 0 Å². The molecule has 0 amide bonds. The first-order valence-electron chi connectivity index (χ1n) is 8.20. The molecule has 0 radical (unpaired) electrons. The molecule has 0 aliphatic heterocycles. The average Bonchev–Trinajstić information content (AvgIpc) is 2.88. The number of hydrogen-bond donors (Lipinski definition) is 2. The molecule has 2 N–H and O–H groups in total. The molecule has 1 aromatic heterocycles. The predicted molar refractivity (Wildman–Crippen MR) is 89.7 cm³/mol. The summed E-state index contributed by atoms with van der Waals surface area (Å²) < 4.78 is 0. The van der Waals surface area contributed by atoms with E-state index in [1.54, 1.807) is 11.3 Å². The van der Waals surface area contributed by atoms with E-state index in [0.29, 0.717) is 6.54 Å². The van der Waals surface area contributed by atoms with Gasteiger partial charge in [-0.3, -0.25) is 0 Å². The second-order valence-electron chi connectivity index (χ2n) is 7.57. The van der Waals surface area contributed by atoms with Crippen molar-refractivity contribution in [3.63, 3.8) is 0 Å². The quantitative estimate of drug-likeness (QED) is 0.868. The highest BCUT2D eigenvalue weighted by molar-refractivity contribution is 7.09. The second kappa shape index (κ2) is 6.76. The summed E-state index contributed by atoms with van der Waals surface area (Å²) in [5.41, 5.74) is 0.713. The Morgan fingerprint density at radius 3 is 2.57 bits per heavy atom. The Bertz CT molecular complexity index is 442. The van der Waals surface area contributed by atoms with Crippen LogP contribution in [0.5, 0.6) is 0 Å². The SMILES string of the molecule is CCC1CCC(O)(CNCc2csc(C(C)(C)C)n2)CC1. The van der Waals surface area contributed by atoms with Crippen LogP contribution in [0.2, 0.25) is 0 Å². The maximum atomic E-state index is 10.6. The van der Waals surface area contributed by atoms with Gasteiger partial charge in [-0.1, -0.05) is 34.1 Å². The molecule has 1 saturated carbocycles. The molecule has 1 aromatic rings. The number of rotatable bonds is 5. The third-order valence-corrected chi connectivity index (χ3v) is 5.88. The topological polar surface area (TPSA) is 45.1 Å². The molecule has 1 aliphatic carbocycles. The maximum Gasteiger partial charge on any atom is 0.0982 e. The van der Waals surface area contributed by atoms with Crippen LogP contribution in [-0.4, -0.2) is 22.2 Å². The smallest absolute Gasteiger partial charge is 0.0982 e. The van der Waals surface area contributed by atoms with Crippen LogP contribution in [0, 0.1) is 5.92 Å². The Labute approximate surface area is 133 Å². The zero-order valence-corrected chi connectivity index (χ0v) is 14.7. The number of nitrogens with one attached hydrogen (secondary N) is 1. The lowest BCUT2D eigenvalue weighted by molar-refractivity contribution is -0.00885. The van der Waals surface area contributed by atoms with E-state index in [2.05, 4.69) is 43.4 Å². The first kappa shape index (κ1) is 16.9. The van der Waals surface area contributed by atoms with Crippen LogP contribution in [0.15, 0.2) is 5.38 Å². The molecule has 21 heavy (non-hydrogen) atoms. The molecule has 120 valence electrons. The molecule has 3 nitrogen and oxygen atoms in total. The monoisotopic (exact) mass is 310 g/mol. The molecule has 0 spiro atoms. The highest BCUT2D eigenvalue weighted by Crippen LogP contribution is 2.33. The minimum atomic E-state index is -0.505. The van der Waals surface area contributed by atoms with E-state index in [4.69, 9.17) is 0 Å². The van der Waals surface area contributed by atoms with Gasteiger partial charge >= 0.3 is 0 Å². The van der Waals surface area contributed by atoms with Gasteiger partial charge in [0.1, 0.15) is 0 Å². The first-order valence-corrected chi connectivity index (χ1v) is 9.08. The molecule has 1 fully saturated rings. The van der Waals surface area contributed by atoms with Crippen LogP contribution < -0.4 is 5.32 Å². The van der Waals surface area contributed by atoms with E-state index < -0.39 is 5.60 Å². The molecule has 0 saturated heterocycles. The normalized spacial score (nSPS) is 27.0. The molecule has 0 aromatic carbocycles. The Morgan fingerprint density at radius 2 is 2.05 bits per heavy atom. The standard InChI is InChI=1S/C17H30N2OS/c1-5-13-6-8-17(20,9-7-13)12-18-10-14-11-21-15(19-14)16(2,3)4/h11,13,18,20H,5-10,12H2,1-4H3. The maximum absolute atomic E-state index is 10.6. The van der Waals surface area contributed by atoms with Crippen molar-refractivity contribution >= 4 is 11.3 Å². The van der Waals surface area contributed by atoms with E-state index in [9.17, 15) is 5.11 Å². The fourth-order valence-electron chi connectivity index (χ4n) is 2.96. The molecule has 0 atom stereocenters. The number of nitrogens with zero attached hydrogens (tertiary/aromatic N) is 1. The Kier molecular flexibility index (Phi) is 5.44. The molecular weight excluding hydrogens is 280 g/mol. The van der Waals surface area contributed by atoms with Crippen molar-refractivity contribution in [2.45, 2.75) is 77.4 Å². The molecule has 0 bridgehead atoms. The summed E-state index contributed by atoms with van der Waals surface area (Å²) >= 11 is 1.73. The minimum absolute atomic E-state index is 0.125. The van der Waals surface area contributed by atoms with Gasteiger partial charge in [-0.2, -0.15) is 0 Å². The van der Waals surface area contributed by atoms with E-state index in [1.165, 1.54) is 24.3 Å². The second-order valence-corrected chi connectivity index (χ2v) is 8.43. The van der Waals surface area contributed by atoms with Crippen molar-refractivity contribution in [2.24, 2.45) is 5.92 Å². The Morgan fingerprint density at radius 1 is 1.38 bits per heavy atom.